The van der Waals surface area contributed by atoms with Crippen LogP contribution < -0.4 is 0 Å². The molecular formula is C19H28N2O5. The van der Waals surface area contributed by atoms with Gasteiger partial charge in [-0.1, -0.05) is 44.2 Å². The molecule has 0 aliphatic heterocycles. The van der Waals surface area contributed by atoms with Crippen LogP contribution in [0.25, 0.3) is 0 Å². The Kier molecular flexibility index (Phi) is 9.19. The van der Waals surface area contributed by atoms with Gasteiger partial charge in [-0.25, -0.2) is 19.4 Å². The number of nitrogens with zero attached hydrogens (tertiary/aromatic N) is 2. The lowest BCUT2D eigenvalue weighted by atomic mass is 10.1. The molecule has 0 N–H and O–H groups in total. The van der Waals surface area contributed by atoms with Crippen LogP contribution in [0.4, 0.5) is 4.79 Å². The maximum atomic E-state index is 12.0. The van der Waals surface area contributed by atoms with Gasteiger partial charge in [-0.05, 0) is 17.9 Å². The van der Waals surface area contributed by atoms with Gasteiger partial charge in [0.05, 0.1) is 6.42 Å². The SMILES string of the molecule is CC(C)CN(C)C(=O)CCN(C)C(=O)OOC(=O)CCc1ccccc1. The lowest BCUT2D eigenvalue weighted by Crippen LogP contribution is -2.35. The molecule has 0 bridgehead atoms. The Bertz CT molecular complexity index is 589. The summed E-state index contributed by atoms with van der Waals surface area (Å²) >= 11 is 0. The van der Waals surface area contributed by atoms with E-state index in [0.29, 0.717) is 18.9 Å². The Morgan fingerprint density at radius 2 is 1.62 bits per heavy atom. The summed E-state index contributed by atoms with van der Waals surface area (Å²) in [5.74, 6) is -0.302. The van der Waals surface area contributed by atoms with Gasteiger partial charge in [0.1, 0.15) is 0 Å². The van der Waals surface area contributed by atoms with E-state index in [1.54, 1.807) is 11.9 Å². The highest BCUT2D eigenvalue weighted by Gasteiger charge is 2.17. The van der Waals surface area contributed by atoms with Crippen LogP contribution in [0, 0.1) is 5.92 Å². The maximum Gasteiger partial charge on any atom is 0.452 e. The van der Waals surface area contributed by atoms with E-state index in [-0.39, 0.29) is 25.3 Å². The highest BCUT2D eigenvalue weighted by molar-refractivity contribution is 5.77. The van der Waals surface area contributed by atoms with E-state index < -0.39 is 12.1 Å². The van der Waals surface area contributed by atoms with Crippen molar-refractivity contribution in [3.05, 3.63) is 35.9 Å². The number of carbonyl (C=O) groups excluding carboxylic acids is 3. The Hall–Kier alpha value is -2.57. The molecule has 7 nitrogen and oxygen atoms in total. The first-order chi connectivity index (χ1) is 12.3. The zero-order valence-corrected chi connectivity index (χ0v) is 15.9. The summed E-state index contributed by atoms with van der Waals surface area (Å²) < 4.78 is 0. The number of hydrogen-bond acceptors (Lipinski definition) is 5. The molecule has 0 atom stereocenters. The van der Waals surface area contributed by atoms with Crippen molar-refractivity contribution in [1.29, 1.82) is 0 Å². The quantitative estimate of drug-likeness (QED) is 0.524. The average molecular weight is 364 g/mol. The normalized spacial score (nSPS) is 10.3. The largest absolute Gasteiger partial charge is 0.452 e. The van der Waals surface area contributed by atoms with Gasteiger partial charge in [0, 0.05) is 33.6 Å². The van der Waals surface area contributed by atoms with E-state index in [9.17, 15) is 14.4 Å². The molecule has 1 aromatic carbocycles. The van der Waals surface area contributed by atoms with Crippen molar-refractivity contribution in [3.8, 4) is 0 Å². The van der Waals surface area contributed by atoms with Gasteiger partial charge in [-0.2, -0.15) is 0 Å². The van der Waals surface area contributed by atoms with Gasteiger partial charge >= 0.3 is 12.1 Å². The van der Waals surface area contributed by atoms with Gasteiger partial charge < -0.3 is 9.80 Å². The minimum atomic E-state index is -0.808. The van der Waals surface area contributed by atoms with Crippen LogP contribution in [-0.2, 0) is 25.8 Å². The molecule has 2 amide bonds. The van der Waals surface area contributed by atoms with Crippen LogP contribution in [0.2, 0.25) is 0 Å². The molecule has 0 fully saturated rings. The van der Waals surface area contributed by atoms with Crippen LogP contribution in [0.5, 0.6) is 0 Å². The Labute approximate surface area is 154 Å². The molecule has 7 heteroatoms. The summed E-state index contributed by atoms with van der Waals surface area (Å²) in [5.41, 5.74) is 0.997. The average Bonchev–Trinajstić information content (AvgIpc) is 2.62. The van der Waals surface area contributed by atoms with Crippen molar-refractivity contribution in [2.75, 3.05) is 27.2 Å². The molecule has 0 radical (unpaired) electrons. The molecule has 0 saturated carbocycles. The number of carbonyl (C=O) groups is 3. The zero-order valence-electron chi connectivity index (χ0n) is 15.9. The molecule has 26 heavy (non-hydrogen) atoms. The van der Waals surface area contributed by atoms with E-state index >= 15 is 0 Å². The number of aryl methyl sites for hydroxylation is 1. The molecule has 0 unspecified atom stereocenters. The number of benzene rings is 1. The summed E-state index contributed by atoms with van der Waals surface area (Å²) in [6, 6.07) is 9.47. The molecule has 1 aromatic rings. The summed E-state index contributed by atoms with van der Waals surface area (Å²) in [6.07, 6.45) is -0.0163. The molecule has 0 aliphatic rings. The molecule has 0 spiro atoms. The summed E-state index contributed by atoms with van der Waals surface area (Å²) in [7, 11) is 3.21. The van der Waals surface area contributed by atoms with Crippen LogP contribution >= 0.6 is 0 Å². The highest BCUT2D eigenvalue weighted by Crippen LogP contribution is 2.04. The predicted molar refractivity (Wildman–Crippen MR) is 97.1 cm³/mol. The fourth-order valence-electron chi connectivity index (χ4n) is 2.27. The van der Waals surface area contributed by atoms with E-state index in [1.807, 2.05) is 44.2 Å². The maximum absolute atomic E-state index is 12.0. The smallest absolute Gasteiger partial charge is 0.345 e. The molecular weight excluding hydrogens is 336 g/mol. The summed E-state index contributed by atoms with van der Waals surface area (Å²) in [5, 5.41) is 0. The Morgan fingerprint density at radius 1 is 0.962 bits per heavy atom. The third-order valence-electron chi connectivity index (χ3n) is 3.70. The van der Waals surface area contributed by atoms with Crippen molar-refractivity contribution in [2.24, 2.45) is 5.92 Å². The van der Waals surface area contributed by atoms with E-state index in [1.165, 1.54) is 11.9 Å². The second kappa shape index (κ2) is 11.1. The van der Waals surface area contributed by atoms with Gasteiger partial charge in [0.2, 0.25) is 5.91 Å². The molecule has 0 saturated heterocycles. The van der Waals surface area contributed by atoms with Crippen molar-refractivity contribution in [1.82, 2.24) is 9.80 Å². The Morgan fingerprint density at radius 3 is 2.23 bits per heavy atom. The first-order valence-electron chi connectivity index (χ1n) is 8.70. The second-order valence-electron chi connectivity index (χ2n) is 6.63. The van der Waals surface area contributed by atoms with Crippen molar-refractivity contribution in [3.63, 3.8) is 0 Å². The molecule has 0 aromatic heterocycles. The molecule has 1 rings (SSSR count). The minimum absolute atomic E-state index is 0.0572. The zero-order chi connectivity index (χ0) is 19.5. The number of amides is 2. The number of hydrogen-bond donors (Lipinski definition) is 0. The highest BCUT2D eigenvalue weighted by atomic mass is 17.2. The lowest BCUT2D eigenvalue weighted by molar-refractivity contribution is -0.236. The molecule has 144 valence electrons. The fourth-order valence-corrected chi connectivity index (χ4v) is 2.27. The summed E-state index contributed by atoms with van der Waals surface area (Å²) in [4.78, 5) is 47.2. The Balaban J connectivity index is 2.25. The van der Waals surface area contributed by atoms with E-state index in [2.05, 4.69) is 9.78 Å². The van der Waals surface area contributed by atoms with E-state index in [4.69, 9.17) is 0 Å². The minimum Gasteiger partial charge on any atom is -0.345 e. The van der Waals surface area contributed by atoms with Crippen LogP contribution in [0.1, 0.15) is 32.3 Å². The number of rotatable bonds is 8. The summed E-state index contributed by atoms with van der Waals surface area (Å²) in [6.45, 7) is 4.90. The van der Waals surface area contributed by atoms with Crippen molar-refractivity contribution in [2.45, 2.75) is 33.1 Å². The second-order valence-corrected chi connectivity index (χ2v) is 6.63. The first-order valence-corrected chi connectivity index (χ1v) is 8.70. The molecule has 0 aliphatic carbocycles. The monoisotopic (exact) mass is 364 g/mol. The van der Waals surface area contributed by atoms with Gasteiger partial charge in [-0.3, -0.25) is 4.79 Å². The van der Waals surface area contributed by atoms with E-state index in [0.717, 1.165) is 5.56 Å². The van der Waals surface area contributed by atoms with Gasteiger partial charge in [0.15, 0.2) is 0 Å². The third kappa shape index (κ3) is 8.50. The van der Waals surface area contributed by atoms with Crippen LogP contribution in [0.15, 0.2) is 30.3 Å². The molecule has 0 heterocycles. The fraction of sp³-hybridized carbons (Fsp3) is 0.526. The topological polar surface area (TPSA) is 76.2 Å². The van der Waals surface area contributed by atoms with Crippen LogP contribution in [0.3, 0.4) is 0 Å². The van der Waals surface area contributed by atoms with Gasteiger partial charge in [0.25, 0.3) is 0 Å². The standard InChI is InChI=1S/C19H28N2O5/c1-15(2)14-21(4)17(22)12-13-20(3)19(24)26-25-18(23)11-10-16-8-6-5-7-9-16/h5-9,15H,10-14H2,1-4H3. The van der Waals surface area contributed by atoms with Crippen molar-refractivity contribution < 1.29 is 24.2 Å². The van der Waals surface area contributed by atoms with Crippen LogP contribution in [-0.4, -0.2) is 55.0 Å². The van der Waals surface area contributed by atoms with Gasteiger partial charge in [-0.15, -0.1) is 0 Å². The first kappa shape index (κ1) is 21.5. The predicted octanol–water partition coefficient (Wildman–Crippen LogP) is 2.65. The van der Waals surface area contributed by atoms with Crippen molar-refractivity contribution >= 4 is 18.0 Å². The lowest BCUT2D eigenvalue weighted by Gasteiger charge is -2.21. The third-order valence-corrected chi connectivity index (χ3v) is 3.70.